The molecule has 0 bridgehead atoms. The van der Waals surface area contributed by atoms with Crippen molar-refractivity contribution in [2.75, 3.05) is 6.54 Å². The molecule has 0 saturated carbocycles. The van der Waals surface area contributed by atoms with Crippen molar-refractivity contribution in [2.45, 2.75) is 6.54 Å². The summed E-state index contributed by atoms with van der Waals surface area (Å²) < 4.78 is 2.76. The van der Waals surface area contributed by atoms with Crippen molar-refractivity contribution >= 4 is 22.9 Å². The van der Waals surface area contributed by atoms with Gasteiger partial charge in [-0.2, -0.15) is 0 Å². The summed E-state index contributed by atoms with van der Waals surface area (Å²) in [5, 5.41) is 19.5. The van der Waals surface area contributed by atoms with E-state index in [0.717, 1.165) is 4.88 Å². The van der Waals surface area contributed by atoms with E-state index < -0.39 is 4.92 Å². The number of carbonyl (C=O) groups is 1. The molecule has 0 aliphatic carbocycles. The predicted molar refractivity (Wildman–Crippen MR) is 96.2 cm³/mol. The lowest BCUT2D eigenvalue weighted by Crippen LogP contribution is -2.31. The largest absolute Gasteiger partial charge is 0.350 e. The number of hydrogen-bond donors (Lipinski definition) is 1. The molecule has 9 nitrogen and oxygen atoms in total. The summed E-state index contributed by atoms with van der Waals surface area (Å²) in [4.78, 5) is 35.3. The van der Waals surface area contributed by atoms with Crippen LogP contribution in [-0.4, -0.2) is 31.7 Å². The molecule has 2 aromatic heterocycles. The molecule has 3 aromatic rings. The minimum absolute atomic E-state index is 0.0808. The molecule has 0 atom stereocenters. The topological polar surface area (TPSA) is 112 Å². The third-order valence-electron chi connectivity index (χ3n) is 3.73. The summed E-state index contributed by atoms with van der Waals surface area (Å²) in [6.45, 7) is 0.424. The number of thiophene rings is 1. The van der Waals surface area contributed by atoms with Gasteiger partial charge in [0.25, 0.3) is 11.6 Å². The van der Waals surface area contributed by atoms with Crippen LogP contribution in [0, 0.1) is 10.1 Å². The number of rotatable bonds is 6. The second-order valence-electron chi connectivity index (χ2n) is 5.43. The normalized spacial score (nSPS) is 10.7. The highest BCUT2D eigenvalue weighted by Gasteiger charge is 2.13. The fraction of sp³-hybridized carbons (Fsp3) is 0.188. The number of nitrogens with one attached hydrogen (secondary N) is 1. The van der Waals surface area contributed by atoms with Gasteiger partial charge in [0.15, 0.2) is 5.82 Å². The van der Waals surface area contributed by atoms with Gasteiger partial charge in [-0.05, 0) is 23.6 Å². The predicted octanol–water partition coefficient (Wildman–Crippen LogP) is 1.65. The second-order valence-corrected chi connectivity index (χ2v) is 6.37. The molecule has 0 unspecified atom stereocenters. The number of carbonyl (C=O) groups excluding carboxylic acids is 1. The van der Waals surface area contributed by atoms with E-state index in [1.54, 1.807) is 7.05 Å². The maximum Gasteiger partial charge on any atom is 0.346 e. The highest BCUT2D eigenvalue weighted by atomic mass is 32.1. The van der Waals surface area contributed by atoms with Gasteiger partial charge >= 0.3 is 5.69 Å². The SMILES string of the molecule is Cn1c(-c2cccs2)nn(CCNC(=O)c2ccc([N+](=O)[O-])cc2)c1=O. The molecular weight excluding hydrogens is 358 g/mol. The van der Waals surface area contributed by atoms with Crippen LogP contribution in [0.1, 0.15) is 10.4 Å². The van der Waals surface area contributed by atoms with Crippen molar-refractivity contribution in [1.29, 1.82) is 0 Å². The van der Waals surface area contributed by atoms with Crippen LogP contribution in [0.2, 0.25) is 0 Å². The van der Waals surface area contributed by atoms with Gasteiger partial charge in [0.2, 0.25) is 0 Å². The van der Waals surface area contributed by atoms with E-state index in [2.05, 4.69) is 10.4 Å². The van der Waals surface area contributed by atoms with Gasteiger partial charge < -0.3 is 5.32 Å². The molecule has 0 saturated heterocycles. The molecule has 0 spiro atoms. The molecule has 1 N–H and O–H groups in total. The average Bonchev–Trinajstić information content (AvgIpc) is 3.25. The highest BCUT2D eigenvalue weighted by molar-refractivity contribution is 7.13. The molecule has 10 heteroatoms. The molecule has 0 aliphatic rings. The van der Waals surface area contributed by atoms with Crippen LogP contribution in [0.4, 0.5) is 5.69 Å². The van der Waals surface area contributed by atoms with Crippen molar-refractivity contribution in [3.05, 3.63) is 67.9 Å². The standard InChI is InChI=1S/C16H15N5O4S/c1-19-14(13-3-2-10-26-13)18-20(16(19)23)9-8-17-15(22)11-4-6-12(7-5-11)21(24)25/h2-7,10H,8-9H2,1H3,(H,17,22). The molecule has 2 heterocycles. The maximum absolute atomic E-state index is 12.2. The summed E-state index contributed by atoms with van der Waals surface area (Å²) in [5.41, 5.74) is -0.0380. The van der Waals surface area contributed by atoms with Crippen LogP contribution >= 0.6 is 11.3 Å². The minimum Gasteiger partial charge on any atom is -0.350 e. The smallest absolute Gasteiger partial charge is 0.346 e. The lowest BCUT2D eigenvalue weighted by molar-refractivity contribution is -0.384. The van der Waals surface area contributed by atoms with Crippen molar-refractivity contribution < 1.29 is 9.72 Å². The van der Waals surface area contributed by atoms with Crippen LogP contribution in [0.3, 0.4) is 0 Å². The van der Waals surface area contributed by atoms with Gasteiger partial charge in [0, 0.05) is 31.3 Å². The molecule has 0 radical (unpaired) electrons. The Hall–Kier alpha value is -3.27. The van der Waals surface area contributed by atoms with E-state index >= 15 is 0 Å². The van der Waals surface area contributed by atoms with Crippen LogP contribution in [0.25, 0.3) is 10.7 Å². The number of hydrogen-bond acceptors (Lipinski definition) is 6. The number of non-ortho nitro benzene ring substituents is 1. The van der Waals surface area contributed by atoms with E-state index in [1.807, 2.05) is 17.5 Å². The lowest BCUT2D eigenvalue weighted by Gasteiger charge is -2.04. The van der Waals surface area contributed by atoms with Gasteiger partial charge in [-0.15, -0.1) is 16.4 Å². The van der Waals surface area contributed by atoms with Gasteiger partial charge in [-0.3, -0.25) is 19.5 Å². The van der Waals surface area contributed by atoms with Gasteiger partial charge in [-0.25, -0.2) is 9.48 Å². The molecular formula is C16H15N5O4S. The Morgan fingerprint density at radius 1 is 1.31 bits per heavy atom. The number of amides is 1. The van der Waals surface area contributed by atoms with Crippen molar-refractivity contribution in [1.82, 2.24) is 19.7 Å². The fourth-order valence-corrected chi connectivity index (χ4v) is 3.11. The van der Waals surface area contributed by atoms with E-state index in [1.165, 1.54) is 44.9 Å². The molecule has 1 aromatic carbocycles. The highest BCUT2D eigenvalue weighted by Crippen LogP contribution is 2.20. The Bertz CT molecular complexity index is 989. The summed E-state index contributed by atoms with van der Waals surface area (Å²) in [6.07, 6.45) is 0. The molecule has 3 rings (SSSR count). The Morgan fingerprint density at radius 2 is 2.04 bits per heavy atom. The number of nitro benzene ring substituents is 1. The Labute approximate surface area is 151 Å². The third-order valence-corrected chi connectivity index (χ3v) is 4.60. The summed E-state index contributed by atoms with van der Waals surface area (Å²) in [5.74, 6) is 0.203. The summed E-state index contributed by atoms with van der Waals surface area (Å²) in [7, 11) is 1.65. The Kier molecular flexibility index (Phi) is 4.94. The van der Waals surface area contributed by atoms with Gasteiger partial charge in [-0.1, -0.05) is 6.07 Å². The Morgan fingerprint density at radius 3 is 2.65 bits per heavy atom. The average molecular weight is 373 g/mol. The van der Waals surface area contributed by atoms with Crippen molar-refractivity contribution in [2.24, 2.45) is 7.05 Å². The summed E-state index contributed by atoms with van der Waals surface area (Å²) >= 11 is 1.49. The summed E-state index contributed by atoms with van der Waals surface area (Å²) in [6, 6.07) is 9.07. The Balaban J connectivity index is 1.63. The first-order chi connectivity index (χ1) is 12.5. The van der Waals surface area contributed by atoms with E-state index in [0.29, 0.717) is 11.4 Å². The van der Waals surface area contributed by atoms with E-state index in [9.17, 15) is 19.7 Å². The van der Waals surface area contributed by atoms with Crippen LogP contribution in [0.5, 0.6) is 0 Å². The molecule has 134 valence electrons. The first kappa shape index (κ1) is 17.5. The minimum atomic E-state index is -0.527. The molecule has 0 aliphatic heterocycles. The number of nitro groups is 1. The van der Waals surface area contributed by atoms with Crippen molar-refractivity contribution in [3.8, 4) is 10.7 Å². The lowest BCUT2D eigenvalue weighted by atomic mass is 10.2. The molecule has 26 heavy (non-hydrogen) atoms. The number of aromatic nitrogens is 3. The zero-order valence-electron chi connectivity index (χ0n) is 13.8. The van der Waals surface area contributed by atoms with Gasteiger partial charge in [0.1, 0.15) is 0 Å². The number of nitrogens with zero attached hydrogens (tertiary/aromatic N) is 4. The third kappa shape index (κ3) is 3.54. The van der Waals surface area contributed by atoms with Gasteiger partial charge in [0.05, 0.1) is 16.3 Å². The first-order valence-corrected chi connectivity index (χ1v) is 8.55. The quantitative estimate of drug-likeness (QED) is 0.521. The van der Waals surface area contributed by atoms with E-state index in [4.69, 9.17) is 0 Å². The van der Waals surface area contributed by atoms with Crippen molar-refractivity contribution in [3.63, 3.8) is 0 Å². The zero-order valence-corrected chi connectivity index (χ0v) is 14.6. The van der Waals surface area contributed by atoms with Crippen LogP contribution in [-0.2, 0) is 13.6 Å². The molecule has 1 amide bonds. The maximum atomic E-state index is 12.2. The second kappa shape index (κ2) is 7.31. The molecule has 0 fully saturated rings. The van der Waals surface area contributed by atoms with E-state index in [-0.39, 0.29) is 30.4 Å². The number of benzene rings is 1. The monoisotopic (exact) mass is 373 g/mol. The first-order valence-electron chi connectivity index (χ1n) is 7.67. The fourth-order valence-electron chi connectivity index (χ4n) is 2.37. The van der Waals surface area contributed by atoms with Crippen LogP contribution in [0.15, 0.2) is 46.6 Å². The van der Waals surface area contributed by atoms with Crippen LogP contribution < -0.4 is 11.0 Å². The zero-order chi connectivity index (χ0) is 18.7.